The Bertz CT molecular complexity index is 143. The fourth-order valence-electron chi connectivity index (χ4n) is 1.37. The van der Waals surface area contributed by atoms with Crippen molar-refractivity contribution in [2.45, 2.75) is 12.8 Å². The normalized spacial score (nSPS) is 22.1. The molecule has 0 aromatic heterocycles. The van der Waals surface area contributed by atoms with E-state index in [1.165, 1.54) is 17.9 Å². The van der Waals surface area contributed by atoms with Crippen molar-refractivity contribution in [1.29, 1.82) is 0 Å². The van der Waals surface area contributed by atoms with Crippen molar-refractivity contribution >= 4 is 11.8 Å². The lowest BCUT2D eigenvalue weighted by Crippen LogP contribution is -2.26. The van der Waals surface area contributed by atoms with Crippen LogP contribution >= 0.6 is 11.8 Å². The molecule has 0 amide bonds. The predicted molar refractivity (Wildman–Crippen MR) is 55.1 cm³/mol. The summed E-state index contributed by atoms with van der Waals surface area (Å²) in [5, 5.41) is 3.22. The summed E-state index contributed by atoms with van der Waals surface area (Å²) in [6, 6.07) is 0. The van der Waals surface area contributed by atoms with Crippen LogP contribution in [-0.2, 0) is 4.74 Å². The molecule has 5 heteroatoms. The van der Waals surface area contributed by atoms with E-state index in [0.717, 1.165) is 12.5 Å². The largest absolute Gasteiger partial charge is 0.374 e. The van der Waals surface area contributed by atoms with E-state index in [4.69, 9.17) is 4.74 Å². The van der Waals surface area contributed by atoms with E-state index < -0.39 is 13.0 Å². The van der Waals surface area contributed by atoms with Gasteiger partial charge >= 0.3 is 0 Å². The molecule has 1 saturated heterocycles. The monoisotopic (exact) mass is 225 g/mol. The molecule has 0 aromatic rings. The highest BCUT2D eigenvalue weighted by Gasteiger charge is 2.14. The lowest BCUT2D eigenvalue weighted by atomic mass is 10.1. The highest BCUT2D eigenvalue weighted by atomic mass is 32.2. The van der Waals surface area contributed by atoms with Gasteiger partial charge in [0, 0.05) is 6.54 Å². The third kappa shape index (κ3) is 5.78. The number of hydrogen-bond acceptors (Lipinski definition) is 3. The third-order valence-electron chi connectivity index (χ3n) is 2.12. The second-order valence-electron chi connectivity index (χ2n) is 3.40. The van der Waals surface area contributed by atoms with Gasteiger partial charge in [-0.25, -0.2) is 8.78 Å². The van der Waals surface area contributed by atoms with Crippen LogP contribution in [-0.4, -0.2) is 44.2 Å². The van der Waals surface area contributed by atoms with Crippen LogP contribution in [0, 0.1) is 5.92 Å². The van der Waals surface area contributed by atoms with Gasteiger partial charge in [0.1, 0.15) is 6.61 Å². The molecule has 1 N–H and O–H groups in total. The summed E-state index contributed by atoms with van der Waals surface area (Å²) in [5.41, 5.74) is 0. The Hall–Kier alpha value is 0.130. The summed E-state index contributed by atoms with van der Waals surface area (Å²) >= 11 is 1.98. The Labute approximate surface area is 87.8 Å². The molecule has 0 spiro atoms. The van der Waals surface area contributed by atoms with Gasteiger partial charge in [-0.2, -0.15) is 11.8 Å². The van der Waals surface area contributed by atoms with E-state index in [-0.39, 0.29) is 0 Å². The average Bonchev–Trinajstić information content (AvgIpc) is 2.63. The molecule has 1 unspecified atom stereocenters. The highest BCUT2D eigenvalue weighted by molar-refractivity contribution is 7.99. The van der Waals surface area contributed by atoms with Gasteiger partial charge < -0.3 is 10.1 Å². The van der Waals surface area contributed by atoms with E-state index in [0.29, 0.717) is 13.2 Å². The standard InChI is InChI=1S/C9H17F2NOS/c10-9(11)6-13-3-2-12-5-8-1-4-14-7-8/h8-9,12H,1-7H2. The molecule has 84 valence electrons. The van der Waals surface area contributed by atoms with E-state index in [1.807, 2.05) is 11.8 Å². The van der Waals surface area contributed by atoms with Gasteiger partial charge in [-0.05, 0) is 30.4 Å². The number of thioether (sulfide) groups is 1. The lowest BCUT2D eigenvalue weighted by Gasteiger charge is -2.09. The van der Waals surface area contributed by atoms with Crippen LogP contribution in [0.4, 0.5) is 8.78 Å². The maximum absolute atomic E-state index is 11.6. The SMILES string of the molecule is FC(F)COCCNCC1CCSC1. The van der Waals surface area contributed by atoms with Crippen LogP contribution in [0.15, 0.2) is 0 Å². The number of hydrogen-bond donors (Lipinski definition) is 1. The zero-order valence-corrected chi connectivity index (χ0v) is 8.99. The van der Waals surface area contributed by atoms with Crippen molar-refractivity contribution in [3.63, 3.8) is 0 Å². The van der Waals surface area contributed by atoms with Gasteiger partial charge in [-0.1, -0.05) is 0 Å². The maximum Gasteiger partial charge on any atom is 0.261 e. The number of alkyl halides is 2. The first kappa shape index (κ1) is 12.2. The minimum Gasteiger partial charge on any atom is -0.374 e. The van der Waals surface area contributed by atoms with Gasteiger partial charge in [-0.15, -0.1) is 0 Å². The van der Waals surface area contributed by atoms with Crippen molar-refractivity contribution in [1.82, 2.24) is 5.32 Å². The van der Waals surface area contributed by atoms with Gasteiger partial charge in [0.15, 0.2) is 0 Å². The first-order valence-corrected chi connectivity index (χ1v) is 6.09. The van der Waals surface area contributed by atoms with Crippen molar-refractivity contribution < 1.29 is 13.5 Å². The van der Waals surface area contributed by atoms with Gasteiger partial charge in [0.25, 0.3) is 6.43 Å². The van der Waals surface area contributed by atoms with Crippen LogP contribution < -0.4 is 5.32 Å². The summed E-state index contributed by atoms with van der Waals surface area (Å²) in [6.07, 6.45) is -1.07. The molecule has 1 fully saturated rings. The van der Waals surface area contributed by atoms with Crippen molar-refractivity contribution in [2.24, 2.45) is 5.92 Å². The quantitative estimate of drug-likeness (QED) is 0.665. The van der Waals surface area contributed by atoms with Gasteiger partial charge in [0.2, 0.25) is 0 Å². The molecular weight excluding hydrogens is 208 g/mol. The summed E-state index contributed by atoms with van der Waals surface area (Å²) in [4.78, 5) is 0. The molecule has 1 heterocycles. The molecule has 0 aromatic carbocycles. The fraction of sp³-hybridized carbons (Fsp3) is 1.00. The van der Waals surface area contributed by atoms with Crippen LogP contribution in [0.1, 0.15) is 6.42 Å². The molecule has 1 atom stereocenters. The van der Waals surface area contributed by atoms with E-state index in [1.54, 1.807) is 0 Å². The summed E-state index contributed by atoms with van der Waals surface area (Å²) in [5.74, 6) is 3.24. The predicted octanol–water partition coefficient (Wildman–Crippen LogP) is 1.61. The number of rotatable bonds is 7. The molecular formula is C9H17F2NOS. The fourth-order valence-corrected chi connectivity index (χ4v) is 2.65. The first-order chi connectivity index (χ1) is 6.79. The minimum atomic E-state index is -2.35. The summed E-state index contributed by atoms with van der Waals surface area (Å²) in [6.45, 7) is 1.60. The van der Waals surface area contributed by atoms with E-state index in [9.17, 15) is 8.78 Å². The van der Waals surface area contributed by atoms with Crippen molar-refractivity contribution in [3.8, 4) is 0 Å². The summed E-state index contributed by atoms with van der Waals surface area (Å²) in [7, 11) is 0. The number of ether oxygens (including phenoxy) is 1. The van der Waals surface area contributed by atoms with E-state index in [2.05, 4.69) is 5.32 Å². The third-order valence-corrected chi connectivity index (χ3v) is 3.36. The molecule has 0 radical (unpaired) electrons. The average molecular weight is 225 g/mol. The Morgan fingerprint density at radius 1 is 1.50 bits per heavy atom. The molecule has 0 aliphatic carbocycles. The Morgan fingerprint density at radius 3 is 3.00 bits per heavy atom. The molecule has 0 saturated carbocycles. The second kappa shape index (κ2) is 7.43. The maximum atomic E-state index is 11.6. The van der Waals surface area contributed by atoms with Crippen molar-refractivity contribution in [3.05, 3.63) is 0 Å². The number of halogens is 2. The van der Waals surface area contributed by atoms with Crippen LogP contribution in [0.3, 0.4) is 0 Å². The first-order valence-electron chi connectivity index (χ1n) is 4.93. The van der Waals surface area contributed by atoms with Crippen LogP contribution in [0.2, 0.25) is 0 Å². The zero-order chi connectivity index (χ0) is 10.2. The molecule has 14 heavy (non-hydrogen) atoms. The smallest absolute Gasteiger partial charge is 0.261 e. The summed E-state index contributed by atoms with van der Waals surface area (Å²) < 4.78 is 28.0. The molecule has 1 aliphatic rings. The topological polar surface area (TPSA) is 21.3 Å². The Kier molecular flexibility index (Phi) is 6.47. The van der Waals surface area contributed by atoms with Crippen LogP contribution in [0.5, 0.6) is 0 Å². The molecule has 1 rings (SSSR count). The second-order valence-corrected chi connectivity index (χ2v) is 4.55. The van der Waals surface area contributed by atoms with E-state index >= 15 is 0 Å². The van der Waals surface area contributed by atoms with Crippen molar-refractivity contribution in [2.75, 3.05) is 37.8 Å². The molecule has 0 bridgehead atoms. The highest BCUT2D eigenvalue weighted by Crippen LogP contribution is 2.22. The van der Waals surface area contributed by atoms with Crippen LogP contribution in [0.25, 0.3) is 0 Å². The number of nitrogens with one attached hydrogen (secondary N) is 1. The zero-order valence-electron chi connectivity index (χ0n) is 8.18. The van der Waals surface area contributed by atoms with Gasteiger partial charge in [-0.3, -0.25) is 0 Å². The molecule has 1 aliphatic heterocycles. The molecule has 2 nitrogen and oxygen atoms in total. The minimum absolute atomic E-state index is 0.379. The van der Waals surface area contributed by atoms with Gasteiger partial charge in [0.05, 0.1) is 6.61 Å². The lowest BCUT2D eigenvalue weighted by molar-refractivity contribution is 0.0186. The Balaban J connectivity index is 1.79. The Morgan fingerprint density at radius 2 is 2.36 bits per heavy atom.